The summed E-state index contributed by atoms with van der Waals surface area (Å²) in [4.78, 5) is 0. The minimum absolute atomic E-state index is 0.986. The molecule has 0 nitrogen and oxygen atoms in total. The van der Waals surface area contributed by atoms with Crippen LogP contribution < -0.4 is 0 Å². The van der Waals surface area contributed by atoms with E-state index in [2.05, 4.69) is 121 Å². The third kappa shape index (κ3) is 3.08. The van der Waals surface area contributed by atoms with Crippen molar-refractivity contribution in [1.29, 1.82) is 0 Å². The van der Waals surface area contributed by atoms with E-state index in [0.29, 0.717) is 0 Å². The molecule has 0 fully saturated rings. The molecule has 0 aromatic heterocycles. The summed E-state index contributed by atoms with van der Waals surface area (Å²) in [6.45, 7) is 0. The Hall–Kier alpha value is -3.90. The molecule has 6 rings (SSSR count). The standard InChI is InChI=1S/C31H22/c1-4-11-22(12-5-1)27-18-10-17-25-19-26-20-28(23-13-6-2-7-14-23)29(21-30(26)31(25)27)24-15-8-3-9-16-24/h1-18,20-21H,19H2. The quantitative estimate of drug-likeness (QED) is 0.283. The lowest BCUT2D eigenvalue weighted by molar-refractivity contribution is 1.26. The second-order valence-electron chi connectivity index (χ2n) is 8.17. The van der Waals surface area contributed by atoms with Crippen LogP contribution >= 0.6 is 0 Å². The first-order valence-corrected chi connectivity index (χ1v) is 10.8. The highest BCUT2D eigenvalue weighted by atomic mass is 14.3. The molecule has 146 valence electrons. The minimum Gasteiger partial charge on any atom is -0.0622 e. The van der Waals surface area contributed by atoms with E-state index in [1.54, 1.807) is 0 Å². The second-order valence-corrected chi connectivity index (χ2v) is 8.17. The molecule has 0 radical (unpaired) electrons. The van der Waals surface area contributed by atoms with Gasteiger partial charge in [0.15, 0.2) is 0 Å². The number of fused-ring (bicyclic) bond motifs is 3. The lowest BCUT2D eigenvalue weighted by atomic mass is 9.88. The molecule has 5 aromatic carbocycles. The van der Waals surface area contributed by atoms with E-state index in [9.17, 15) is 0 Å². The number of rotatable bonds is 3. The average Bonchev–Trinajstić information content (AvgIpc) is 3.22. The van der Waals surface area contributed by atoms with Crippen LogP contribution in [0.25, 0.3) is 44.5 Å². The van der Waals surface area contributed by atoms with Crippen molar-refractivity contribution in [2.45, 2.75) is 6.42 Å². The van der Waals surface area contributed by atoms with Gasteiger partial charge in [-0.05, 0) is 74.2 Å². The Balaban J connectivity index is 1.62. The zero-order valence-corrected chi connectivity index (χ0v) is 17.3. The van der Waals surface area contributed by atoms with E-state index in [4.69, 9.17) is 0 Å². The third-order valence-electron chi connectivity index (χ3n) is 6.30. The summed E-state index contributed by atoms with van der Waals surface area (Å²) < 4.78 is 0. The van der Waals surface area contributed by atoms with Crippen molar-refractivity contribution >= 4 is 0 Å². The Kier molecular flexibility index (Phi) is 4.28. The molecule has 0 heterocycles. The molecule has 0 heteroatoms. The van der Waals surface area contributed by atoms with Gasteiger partial charge in [0.1, 0.15) is 0 Å². The molecule has 0 spiro atoms. The molecular weight excluding hydrogens is 372 g/mol. The summed E-state index contributed by atoms with van der Waals surface area (Å²) in [5.41, 5.74) is 13.3. The molecule has 0 saturated heterocycles. The van der Waals surface area contributed by atoms with Crippen LogP contribution in [0.2, 0.25) is 0 Å². The molecular formula is C31H22. The van der Waals surface area contributed by atoms with Gasteiger partial charge in [-0.15, -0.1) is 0 Å². The van der Waals surface area contributed by atoms with Crippen molar-refractivity contribution in [2.75, 3.05) is 0 Å². The predicted molar refractivity (Wildman–Crippen MR) is 131 cm³/mol. The van der Waals surface area contributed by atoms with E-state index in [1.165, 1.54) is 55.6 Å². The first-order valence-electron chi connectivity index (χ1n) is 10.8. The molecule has 0 N–H and O–H groups in total. The maximum atomic E-state index is 2.42. The Morgan fingerprint density at radius 1 is 0.355 bits per heavy atom. The minimum atomic E-state index is 0.986. The zero-order valence-electron chi connectivity index (χ0n) is 17.3. The molecule has 1 aliphatic carbocycles. The molecule has 5 aromatic rings. The van der Waals surface area contributed by atoms with Gasteiger partial charge in [0, 0.05) is 0 Å². The smallest absolute Gasteiger partial charge is 0.00130 e. The monoisotopic (exact) mass is 394 g/mol. The molecule has 0 atom stereocenters. The number of hydrogen-bond donors (Lipinski definition) is 0. The van der Waals surface area contributed by atoms with Gasteiger partial charge >= 0.3 is 0 Å². The van der Waals surface area contributed by atoms with Gasteiger partial charge in [-0.3, -0.25) is 0 Å². The molecule has 31 heavy (non-hydrogen) atoms. The van der Waals surface area contributed by atoms with Gasteiger partial charge in [0.2, 0.25) is 0 Å². The van der Waals surface area contributed by atoms with Gasteiger partial charge in [-0.1, -0.05) is 109 Å². The highest BCUT2D eigenvalue weighted by Gasteiger charge is 2.24. The molecule has 1 aliphatic rings. The summed E-state index contributed by atoms with van der Waals surface area (Å²) in [6, 6.07) is 43.9. The van der Waals surface area contributed by atoms with E-state index in [1.807, 2.05) is 0 Å². The average molecular weight is 395 g/mol. The van der Waals surface area contributed by atoms with Crippen LogP contribution in [0.1, 0.15) is 11.1 Å². The fourth-order valence-electron chi connectivity index (χ4n) is 4.87. The zero-order chi connectivity index (χ0) is 20.6. The van der Waals surface area contributed by atoms with E-state index in [0.717, 1.165) is 6.42 Å². The van der Waals surface area contributed by atoms with Crippen molar-refractivity contribution in [3.05, 3.63) is 132 Å². The van der Waals surface area contributed by atoms with Crippen molar-refractivity contribution in [2.24, 2.45) is 0 Å². The Bertz CT molecular complexity index is 1360. The first kappa shape index (κ1) is 17.9. The Labute approximate surface area is 183 Å². The predicted octanol–water partition coefficient (Wildman–Crippen LogP) is 8.26. The molecule has 0 saturated carbocycles. The summed E-state index contributed by atoms with van der Waals surface area (Å²) in [5.74, 6) is 0. The van der Waals surface area contributed by atoms with Crippen LogP contribution in [0.4, 0.5) is 0 Å². The summed E-state index contributed by atoms with van der Waals surface area (Å²) >= 11 is 0. The maximum absolute atomic E-state index is 2.42. The van der Waals surface area contributed by atoms with Gasteiger partial charge in [0.05, 0.1) is 0 Å². The number of benzene rings is 5. The lowest BCUT2D eigenvalue weighted by Gasteiger charge is -2.15. The van der Waals surface area contributed by atoms with Crippen molar-refractivity contribution < 1.29 is 0 Å². The van der Waals surface area contributed by atoms with Gasteiger partial charge < -0.3 is 0 Å². The first-order chi connectivity index (χ1) is 15.4. The van der Waals surface area contributed by atoms with Crippen LogP contribution in [0, 0.1) is 0 Å². The summed E-state index contributed by atoms with van der Waals surface area (Å²) in [5, 5.41) is 0. The molecule has 0 amide bonds. The van der Waals surface area contributed by atoms with E-state index < -0.39 is 0 Å². The Morgan fingerprint density at radius 2 is 0.871 bits per heavy atom. The molecule has 0 aliphatic heterocycles. The van der Waals surface area contributed by atoms with Crippen molar-refractivity contribution in [1.82, 2.24) is 0 Å². The number of hydrogen-bond acceptors (Lipinski definition) is 0. The van der Waals surface area contributed by atoms with Crippen LogP contribution in [0.3, 0.4) is 0 Å². The fraction of sp³-hybridized carbons (Fsp3) is 0.0323. The molecule has 0 bridgehead atoms. The van der Waals surface area contributed by atoms with Crippen LogP contribution in [-0.2, 0) is 6.42 Å². The molecule has 0 unspecified atom stereocenters. The third-order valence-corrected chi connectivity index (χ3v) is 6.30. The van der Waals surface area contributed by atoms with Gasteiger partial charge in [-0.25, -0.2) is 0 Å². The Morgan fingerprint density at radius 3 is 1.45 bits per heavy atom. The highest BCUT2D eigenvalue weighted by molar-refractivity contribution is 5.95. The fourth-order valence-corrected chi connectivity index (χ4v) is 4.87. The SMILES string of the molecule is c1ccc(-c2cc3c(cc2-c2ccccc2)-c2c(cccc2-c2ccccc2)C3)cc1. The van der Waals surface area contributed by atoms with E-state index in [-0.39, 0.29) is 0 Å². The maximum Gasteiger partial charge on any atom is -0.00130 e. The topological polar surface area (TPSA) is 0 Å². The van der Waals surface area contributed by atoms with Gasteiger partial charge in [-0.2, -0.15) is 0 Å². The largest absolute Gasteiger partial charge is 0.0622 e. The summed E-state index contributed by atoms with van der Waals surface area (Å²) in [7, 11) is 0. The van der Waals surface area contributed by atoms with Crippen LogP contribution in [-0.4, -0.2) is 0 Å². The van der Waals surface area contributed by atoms with Crippen molar-refractivity contribution in [3.63, 3.8) is 0 Å². The van der Waals surface area contributed by atoms with Crippen LogP contribution in [0.5, 0.6) is 0 Å². The second kappa shape index (κ2) is 7.41. The normalized spacial score (nSPS) is 11.7. The van der Waals surface area contributed by atoms with Crippen molar-refractivity contribution in [3.8, 4) is 44.5 Å². The summed E-state index contributed by atoms with van der Waals surface area (Å²) in [6.07, 6.45) is 0.986. The van der Waals surface area contributed by atoms with E-state index >= 15 is 0 Å². The van der Waals surface area contributed by atoms with Gasteiger partial charge in [0.25, 0.3) is 0 Å². The lowest BCUT2D eigenvalue weighted by Crippen LogP contribution is -1.90. The van der Waals surface area contributed by atoms with Crippen LogP contribution in [0.15, 0.2) is 121 Å². The highest BCUT2D eigenvalue weighted by Crippen LogP contribution is 2.47.